The fourth-order valence-electron chi connectivity index (χ4n) is 4.80. The number of nitrogens with one attached hydrogen (secondary N) is 1. The van der Waals surface area contributed by atoms with Gasteiger partial charge in [-0.1, -0.05) is 32.0 Å². The van der Waals surface area contributed by atoms with Gasteiger partial charge in [-0.2, -0.15) is 0 Å². The van der Waals surface area contributed by atoms with Crippen molar-refractivity contribution in [2.45, 2.75) is 46.5 Å². The minimum absolute atomic E-state index is 0.103. The number of carbonyl (C=O) groups excluding carboxylic acids is 2. The summed E-state index contributed by atoms with van der Waals surface area (Å²) in [7, 11) is 2.00. The van der Waals surface area contributed by atoms with E-state index >= 15 is 0 Å². The Morgan fingerprint density at radius 2 is 2.00 bits per heavy atom. The molecule has 1 aliphatic carbocycles. The summed E-state index contributed by atoms with van der Waals surface area (Å²) in [5.74, 6) is -0.684. The first-order valence-electron chi connectivity index (χ1n) is 10.2. The molecular weight excluding hydrogens is 364 g/mol. The molecule has 4 rings (SSSR count). The largest absolute Gasteiger partial charge is 0.463 e. The molecule has 1 aromatic heterocycles. The zero-order valence-corrected chi connectivity index (χ0v) is 17.8. The van der Waals surface area contributed by atoms with Gasteiger partial charge in [0, 0.05) is 41.6 Å². The van der Waals surface area contributed by atoms with E-state index in [2.05, 4.69) is 41.9 Å². The van der Waals surface area contributed by atoms with E-state index in [0.29, 0.717) is 24.2 Å². The Balaban J connectivity index is 1.96. The molecule has 152 valence electrons. The third kappa shape index (κ3) is 3.18. The number of aromatic nitrogens is 1. The van der Waals surface area contributed by atoms with Crippen LogP contribution in [0, 0.1) is 5.41 Å². The summed E-state index contributed by atoms with van der Waals surface area (Å²) in [4.78, 5) is 26.3. The van der Waals surface area contributed by atoms with Crippen LogP contribution in [0.3, 0.4) is 0 Å². The van der Waals surface area contributed by atoms with E-state index in [1.807, 2.05) is 26.1 Å². The molecule has 0 radical (unpaired) electrons. The van der Waals surface area contributed by atoms with Crippen molar-refractivity contribution in [1.29, 1.82) is 0 Å². The Labute approximate surface area is 171 Å². The molecule has 2 heterocycles. The molecule has 1 aromatic carbocycles. The molecule has 0 bridgehead atoms. The number of hydrogen-bond acceptors (Lipinski definition) is 4. The Bertz CT molecular complexity index is 1080. The predicted octanol–water partition coefficient (Wildman–Crippen LogP) is 4.35. The summed E-state index contributed by atoms with van der Waals surface area (Å²) < 4.78 is 7.49. The van der Waals surface area contributed by atoms with Gasteiger partial charge >= 0.3 is 5.97 Å². The van der Waals surface area contributed by atoms with Crippen LogP contribution in [0.5, 0.6) is 0 Å². The van der Waals surface area contributed by atoms with Gasteiger partial charge in [-0.3, -0.25) is 4.79 Å². The minimum atomic E-state index is -0.425. The van der Waals surface area contributed by atoms with E-state index in [0.717, 1.165) is 34.4 Å². The van der Waals surface area contributed by atoms with Crippen LogP contribution in [0.2, 0.25) is 0 Å². The molecule has 5 nitrogen and oxygen atoms in total. The van der Waals surface area contributed by atoms with E-state index in [1.54, 1.807) is 6.92 Å². The summed E-state index contributed by atoms with van der Waals surface area (Å²) in [6.45, 7) is 8.22. The molecule has 0 saturated carbocycles. The van der Waals surface area contributed by atoms with Crippen molar-refractivity contribution < 1.29 is 14.3 Å². The van der Waals surface area contributed by atoms with Gasteiger partial charge in [0.15, 0.2) is 5.78 Å². The minimum Gasteiger partial charge on any atom is -0.463 e. The van der Waals surface area contributed by atoms with Crippen LogP contribution < -0.4 is 5.32 Å². The summed E-state index contributed by atoms with van der Waals surface area (Å²) in [6, 6.07) is 10.2. The average molecular weight is 392 g/mol. The van der Waals surface area contributed by atoms with Crippen LogP contribution in [0.4, 0.5) is 0 Å². The molecule has 1 N–H and O–H groups in total. The average Bonchev–Trinajstić information content (AvgIpc) is 2.96. The van der Waals surface area contributed by atoms with Crippen LogP contribution in [0.25, 0.3) is 10.9 Å². The highest BCUT2D eigenvalue weighted by Crippen LogP contribution is 2.47. The van der Waals surface area contributed by atoms with Crippen LogP contribution in [0.1, 0.15) is 52.1 Å². The molecule has 0 fully saturated rings. The van der Waals surface area contributed by atoms with Crippen LogP contribution >= 0.6 is 0 Å². The normalized spacial score (nSPS) is 21.3. The summed E-state index contributed by atoms with van der Waals surface area (Å²) in [5.41, 5.74) is 4.86. The Morgan fingerprint density at radius 3 is 2.69 bits per heavy atom. The molecule has 5 heteroatoms. The molecular formula is C24H28N2O3. The third-order valence-corrected chi connectivity index (χ3v) is 6.02. The van der Waals surface area contributed by atoms with Crippen molar-refractivity contribution in [1.82, 2.24) is 9.88 Å². The van der Waals surface area contributed by atoms with Crippen molar-refractivity contribution in [2.24, 2.45) is 12.5 Å². The molecule has 1 atom stereocenters. The first kappa shape index (κ1) is 19.5. The number of aryl methyl sites for hydroxylation is 1. The first-order valence-corrected chi connectivity index (χ1v) is 10.2. The maximum Gasteiger partial charge on any atom is 0.336 e. The van der Waals surface area contributed by atoms with E-state index in [9.17, 15) is 9.59 Å². The highest BCUT2D eigenvalue weighted by molar-refractivity contribution is 6.04. The van der Waals surface area contributed by atoms with Crippen molar-refractivity contribution >= 4 is 22.7 Å². The standard InChI is InChI=1S/C24H28N2O3/c1-6-29-23(28)20-14(2)25-16-12-24(3,4)13-19(27)21(16)22(20)18-11-15-9-7-8-10-17(15)26(18)5/h7-11,22,25H,6,12-13H2,1-5H3/t22-/m0/s1. The quantitative estimate of drug-likeness (QED) is 0.789. The molecule has 0 amide bonds. The van der Waals surface area contributed by atoms with Crippen molar-refractivity contribution in [3.05, 3.63) is 58.6 Å². The zero-order chi connectivity index (χ0) is 20.9. The molecule has 1 aliphatic heterocycles. The van der Waals surface area contributed by atoms with Gasteiger partial charge in [-0.15, -0.1) is 0 Å². The third-order valence-electron chi connectivity index (χ3n) is 6.02. The van der Waals surface area contributed by atoms with E-state index in [1.165, 1.54) is 0 Å². The molecule has 29 heavy (non-hydrogen) atoms. The summed E-state index contributed by atoms with van der Waals surface area (Å²) in [6.07, 6.45) is 1.26. The maximum atomic E-state index is 13.3. The van der Waals surface area contributed by atoms with Crippen LogP contribution in [-0.2, 0) is 21.4 Å². The van der Waals surface area contributed by atoms with E-state index in [4.69, 9.17) is 4.74 Å². The van der Waals surface area contributed by atoms with Crippen molar-refractivity contribution in [2.75, 3.05) is 6.61 Å². The second-order valence-corrected chi connectivity index (χ2v) is 8.84. The van der Waals surface area contributed by atoms with Gasteiger partial charge in [0.2, 0.25) is 0 Å². The smallest absolute Gasteiger partial charge is 0.336 e. The summed E-state index contributed by atoms with van der Waals surface area (Å²) >= 11 is 0. The van der Waals surface area contributed by atoms with Gasteiger partial charge in [-0.25, -0.2) is 4.79 Å². The van der Waals surface area contributed by atoms with Crippen molar-refractivity contribution in [3.63, 3.8) is 0 Å². The Kier molecular flexibility index (Phi) is 4.64. The number of Topliss-reactive ketones (excluding diaryl/α,β-unsaturated/α-hetero) is 1. The van der Waals surface area contributed by atoms with Gasteiger partial charge in [0.05, 0.1) is 18.1 Å². The molecule has 0 unspecified atom stereocenters. The number of allylic oxidation sites excluding steroid dienone is 3. The summed E-state index contributed by atoms with van der Waals surface area (Å²) in [5, 5.41) is 4.47. The van der Waals surface area contributed by atoms with E-state index in [-0.39, 0.29) is 17.2 Å². The number of esters is 1. The lowest BCUT2D eigenvalue weighted by molar-refractivity contribution is -0.138. The van der Waals surface area contributed by atoms with Crippen LogP contribution in [0.15, 0.2) is 52.9 Å². The lowest BCUT2D eigenvalue weighted by atomic mass is 9.69. The van der Waals surface area contributed by atoms with E-state index < -0.39 is 5.92 Å². The molecule has 0 spiro atoms. The topological polar surface area (TPSA) is 60.3 Å². The highest BCUT2D eigenvalue weighted by Gasteiger charge is 2.44. The van der Waals surface area contributed by atoms with Gasteiger partial charge in [0.25, 0.3) is 0 Å². The molecule has 0 saturated heterocycles. The number of fused-ring (bicyclic) bond motifs is 1. The number of dihydropyridines is 1. The van der Waals surface area contributed by atoms with Crippen molar-refractivity contribution in [3.8, 4) is 0 Å². The number of ketones is 1. The zero-order valence-electron chi connectivity index (χ0n) is 17.8. The number of rotatable bonds is 3. The lowest BCUT2D eigenvalue weighted by Crippen LogP contribution is -2.39. The number of carbonyl (C=O) groups is 2. The Hall–Kier alpha value is -2.82. The first-order chi connectivity index (χ1) is 13.7. The lowest BCUT2D eigenvalue weighted by Gasteiger charge is -2.39. The highest BCUT2D eigenvalue weighted by atomic mass is 16.5. The van der Waals surface area contributed by atoms with Crippen LogP contribution in [-0.4, -0.2) is 22.9 Å². The number of hydrogen-bond donors (Lipinski definition) is 1. The number of benzene rings is 1. The van der Waals surface area contributed by atoms with Gasteiger partial charge < -0.3 is 14.6 Å². The Morgan fingerprint density at radius 1 is 1.28 bits per heavy atom. The fraction of sp³-hybridized carbons (Fsp3) is 0.417. The number of ether oxygens (including phenoxy) is 1. The SMILES string of the molecule is CCOC(=O)C1=C(C)NC2=C(C(=O)CC(C)(C)C2)[C@H]1c1cc2ccccc2n1C. The second-order valence-electron chi connectivity index (χ2n) is 8.84. The molecule has 2 aromatic rings. The maximum absolute atomic E-state index is 13.3. The molecule has 2 aliphatic rings. The van der Waals surface area contributed by atoms with Gasteiger partial charge in [-0.05, 0) is 43.2 Å². The van der Waals surface area contributed by atoms with Gasteiger partial charge in [0.1, 0.15) is 0 Å². The fourth-order valence-corrected chi connectivity index (χ4v) is 4.80. The number of para-hydroxylation sites is 1. The predicted molar refractivity (Wildman–Crippen MR) is 113 cm³/mol. The number of nitrogens with zero attached hydrogens (tertiary/aromatic N) is 1. The second kappa shape index (κ2) is 6.90. The monoisotopic (exact) mass is 392 g/mol.